The van der Waals surface area contributed by atoms with Crippen LogP contribution in [0.3, 0.4) is 0 Å². The van der Waals surface area contributed by atoms with Crippen LogP contribution in [-0.2, 0) is 19.5 Å². The zero-order valence-electron chi connectivity index (χ0n) is 22.4. The average molecular weight is 514 g/mol. The number of fused-ring (bicyclic) bond motifs is 1. The highest BCUT2D eigenvalue weighted by Gasteiger charge is 2.20. The van der Waals surface area contributed by atoms with Crippen LogP contribution in [0.5, 0.6) is 0 Å². The van der Waals surface area contributed by atoms with E-state index in [1.165, 1.54) is 5.56 Å². The summed E-state index contributed by atoms with van der Waals surface area (Å²) in [7, 11) is 0. The molecule has 4 heterocycles. The van der Waals surface area contributed by atoms with Crippen molar-refractivity contribution in [3.8, 4) is 0 Å². The minimum absolute atomic E-state index is 0.00109. The number of carbonyl (C=O) groups excluding carboxylic acids is 1. The number of allylic oxidation sites excluding steroid dienone is 5. The summed E-state index contributed by atoms with van der Waals surface area (Å²) in [5.74, 6) is 0.446. The molecule has 1 aliphatic rings. The minimum Gasteiger partial charge on any atom is -0.394 e. The van der Waals surface area contributed by atoms with Gasteiger partial charge in [0, 0.05) is 37.7 Å². The lowest BCUT2D eigenvalue weighted by molar-refractivity contribution is 0.0961. The van der Waals surface area contributed by atoms with Crippen molar-refractivity contribution in [3.63, 3.8) is 0 Å². The second-order valence-corrected chi connectivity index (χ2v) is 9.79. The van der Waals surface area contributed by atoms with Crippen molar-refractivity contribution in [2.24, 2.45) is 0 Å². The van der Waals surface area contributed by atoms with Gasteiger partial charge in [0.25, 0.3) is 5.91 Å². The Balaban J connectivity index is 1.43. The van der Waals surface area contributed by atoms with E-state index in [0.717, 1.165) is 48.5 Å². The maximum absolute atomic E-state index is 13.1. The van der Waals surface area contributed by atoms with E-state index in [2.05, 4.69) is 30.4 Å². The van der Waals surface area contributed by atoms with Crippen LogP contribution >= 0.6 is 0 Å². The van der Waals surface area contributed by atoms with E-state index in [4.69, 9.17) is 0 Å². The Morgan fingerprint density at radius 2 is 2.05 bits per heavy atom. The van der Waals surface area contributed by atoms with Crippen LogP contribution in [0.4, 0.5) is 0 Å². The van der Waals surface area contributed by atoms with Crippen LogP contribution in [0.1, 0.15) is 66.9 Å². The maximum Gasteiger partial charge on any atom is 0.274 e. The Kier molecular flexibility index (Phi) is 8.93. The standard InChI is InChI=1S/C29H35N7O2/c1-20(2)26(10-7-8-21(3)28-34-32-19-36(28)22(4)18-37)33-29(38)27-14-24-16-35(13-11-23(24)15-31-27)17-25-9-5-6-12-30-25/h5-10,12,14-15,19,22,37H,11,13,16-18H2,1-4H3,(H,33,38)/b10-7-,21-8+. The molecule has 9 heteroatoms. The highest BCUT2D eigenvalue weighted by atomic mass is 16.3. The van der Waals surface area contributed by atoms with Gasteiger partial charge in [-0.2, -0.15) is 0 Å². The van der Waals surface area contributed by atoms with Gasteiger partial charge in [0.15, 0.2) is 5.82 Å². The van der Waals surface area contributed by atoms with Gasteiger partial charge in [-0.3, -0.25) is 19.7 Å². The van der Waals surface area contributed by atoms with Gasteiger partial charge >= 0.3 is 0 Å². The molecule has 0 saturated heterocycles. The molecule has 9 nitrogen and oxygen atoms in total. The molecule has 0 saturated carbocycles. The van der Waals surface area contributed by atoms with Crippen LogP contribution in [0.15, 0.2) is 72.5 Å². The topological polar surface area (TPSA) is 109 Å². The van der Waals surface area contributed by atoms with E-state index in [-0.39, 0.29) is 18.6 Å². The van der Waals surface area contributed by atoms with Crippen LogP contribution in [0.25, 0.3) is 5.57 Å². The molecule has 198 valence electrons. The number of amides is 1. The predicted octanol–water partition coefficient (Wildman–Crippen LogP) is 3.86. The first-order chi connectivity index (χ1) is 18.4. The average Bonchev–Trinajstić information content (AvgIpc) is 3.42. The van der Waals surface area contributed by atoms with Gasteiger partial charge in [-0.1, -0.05) is 23.8 Å². The van der Waals surface area contributed by atoms with Crippen molar-refractivity contribution in [2.45, 2.75) is 53.2 Å². The minimum atomic E-state index is -0.243. The lowest BCUT2D eigenvalue weighted by Crippen LogP contribution is -2.31. The van der Waals surface area contributed by atoms with Gasteiger partial charge in [0.1, 0.15) is 12.0 Å². The van der Waals surface area contributed by atoms with Gasteiger partial charge in [-0.15, -0.1) is 10.2 Å². The molecule has 3 aromatic rings. The Bertz CT molecular complexity index is 1350. The third-order valence-electron chi connectivity index (χ3n) is 6.58. The largest absolute Gasteiger partial charge is 0.394 e. The SMILES string of the molecule is CC(C)=C(/C=C\C=C(/C)c1nncn1C(C)CO)NC(=O)c1cc2c(cn1)CCN(Cc1ccccn1)C2. The number of nitrogens with zero attached hydrogens (tertiary/aromatic N) is 6. The number of carbonyl (C=O) groups is 1. The lowest BCUT2D eigenvalue weighted by atomic mass is 10.0. The number of rotatable bonds is 9. The molecule has 0 radical (unpaired) electrons. The Morgan fingerprint density at radius 1 is 1.21 bits per heavy atom. The predicted molar refractivity (Wildman–Crippen MR) is 147 cm³/mol. The van der Waals surface area contributed by atoms with Crippen LogP contribution in [0.2, 0.25) is 0 Å². The van der Waals surface area contributed by atoms with Crippen molar-refractivity contribution in [3.05, 3.63) is 101 Å². The number of aliphatic hydroxyl groups excluding tert-OH is 1. The summed E-state index contributed by atoms with van der Waals surface area (Å²) >= 11 is 0. The van der Waals surface area contributed by atoms with E-state index in [1.807, 2.05) is 87.1 Å². The van der Waals surface area contributed by atoms with Gasteiger partial charge in [0.2, 0.25) is 0 Å². The van der Waals surface area contributed by atoms with Crippen molar-refractivity contribution in [2.75, 3.05) is 13.2 Å². The molecule has 4 rings (SSSR count). The molecular weight excluding hydrogens is 478 g/mol. The Labute approximate surface area is 223 Å². The molecule has 2 N–H and O–H groups in total. The zero-order valence-corrected chi connectivity index (χ0v) is 22.4. The maximum atomic E-state index is 13.1. The fourth-order valence-electron chi connectivity index (χ4n) is 4.29. The van der Waals surface area contributed by atoms with Gasteiger partial charge in [-0.25, -0.2) is 0 Å². The fraction of sp³-hybridized carbons (Fsp3) is 0.345. The summed E-state index contributed by atoms with van der Waals surface area (Å²) in [4.78, 5) is 24.4. The van der Waals surface area contributed by atoms with Crippen molar-refractivity contribution >= 4 is 11.5 Å². The number of nitrogens with one attached hydrogen (secondary N) is 1. The summed E-state index contributed by atoms with van der Waals surface area (Å²) in [6, 6.07) is 7.74. The molecule has 1 unspecified atom stereocenters. The molecular formula is C29H35N7O2. The molecule has 38 heavy (non-hydrogen) atoms. The number of hydrogen-bond donors (Lipinski definition) is 2. The second kappa shape index (κ2) is 12.5. The molecule has 0 aliphatic carbocycles. The molecule has 0 bridgehead atoms. The summed E-state index contributed by atoms with van der Waals surface area (Å²) < 4.78 is 1.84. The smallest absolute Gasteiger partial charge is 0.274 e. The highest BCUT2D eigenvalue weighted by molar-refractivity contribution is 5.94. The van der Waals surface area contributed by atoms with Crippen LogP contribution in [-0.4, -0.2) is 53.8 Å². The van der Waals surface area contributed by atoms with E-state index in [9.17, 15) is 9.90 Å². The summed E-state index contributed by atoms with van der Waals surface area (Å²) in [6.07, 6.45) is 11.8. The first-order valence-electron chi connectivity index (χ1n) is 12.8. The highest BCUT2D eigenvalue weighted by Crippen LogP contribution is 2.21. The summed E-state index contributed by atoms with van der Waals surface area (Å²) in [5.41, 5.74) is 6.32. The number of hydrogen-bond acceptors (Lipinski definition) is 7. The van der Waals surface area contributed by atoms with Crippen LogP contribution < -0.4 is 5.32 Å². The fourth-order valence-corrected chi connectivity index (χ4v) is 4.29. The van der Waals surface area contributed by atoms with E-state index >= 15 is 0 Å². The summed E-state index contributed by atoms with van der Waals surface area (Å²) in [6.45, 7) is 10.2. The summed E-state index contributed by atoms with van der Waals surface area (Å²) in [5, 5.41) is 20.6. The number of aromatic nitrogens is 5. The Hall–Kier alpha value is -3.95. The van der Waals surface area contributed by atoms with Gasteiger partial charge in [-0.05, 0) is 75.1 Å². The second-order valence-electron chi connectivity index (χ2n) is 9.79. The quantitative estimate of drug-likeness (QED) is 0.418. The van der Waals surface area contributed by atoms with Crippen molar-refractivity contribution < 1.29 is 9.90 Å². The van der Waals surface area contributed by atoms with Gasteiger partial charge in [0.05, 0.1) is 18.3 Å². The first kappa shape index (κ1) is 27.1. The first-order valence-corrected chi connectivity index (χ1v) is 12.8. The molecule has 1 atom stereocenters. The molecule has 1 amide bonds. The normalized spacial score (nSPS) is 14.8. The van der Waals surface area contributed by atoms with E-state index in [1.54, 1.807) is 6.33 Å². The lowest BCUT2D eigenvalue weighted by Gasteiger charge is -2.28. The van der Waals surface area contributed by atoms with E-state index < -0.39 is 0 Å². The van der Waals surface area contributed by atoms with Crippen molar-refractivity contribution in [1.82, 2.24) is 34.9 Å². The van der Waals surface area contributed by atoms with Crippen molar-refractivity contribution in [1.29, 1.82) is 0 Å². The van der Waals surface area contributed by atoms with E-state index in [0.29, 0.717) is 17.2 Å². The molecule has 0 aromatic carbocycles. The molecule has 0 fully saturated rings. The van der Waals surface area contributed by atoms with Crippen LogP contribution in [0, 0.1) is 0 Å². The molecule has 1 aliphatic heterocycles. The zero-order chi connectivity index (χ0) is 27.1. The number of pyridine rings is 2. The third kappa shape index (κ3) is 6.67. The van der Waals surface area contributed by atoms with Gasteiger partial charge < -0.3 is 15.0 Å². The molecule has 3 aromatic heterocycles. The third-order valence-corrected chi connectivity index (χ3v) is 6.58. The monoisotopic (exact) mass is 513 g/mol. The number of aliphatic hydroxyl groups is 1. The molecule has 0 spiro atoms. The Morgan fingerprint density at radius 3 is 2.79 bits per heavy atom.